The van der Waals surface area contributed by atoms with Crippen molar-refractivity contribution in [2.45, 2.75) is 64.5 Å². The van der Waals surface area contributed by atoms with E-state index in [1.807, 2.05) is 31.2 Å². The third-order valence-electron chi connectivity index (χ3n) is 7.11. The molecule has 1 fully saturated rings. The fraction of sp³-hybridized carbons (Fsp3) is 0.440. The molecule has 6 rings (SSSR count). The molecule has 0 saturated heterocycles. The van der Waals surface area contributed by atoms with Gasteiger partial charge in [0.1, 0.15) is 16.4 Å². The fourth-order valence-electron chi connectivity index (χ4n) is 5.11. The van der Waals surface area contributed by atoms with Crippen molar-refractivity contribution < 1.29 is 4.79 Å². The summed E-state index contributed by atoms with van der Waals surface area (Å²) < 4.78 is 2.15. The standard InChI is InChI=1S/C25H26ClN5OS/c1-13-29-30-24-25(2,3)28-21(16-9-4-5-10-18(16)26)20-17-11-14(22(32)27-15-7-6-8-15)12-19(17)33-23(20)31(13)24/h4-5,9-10,14-15H,6-8,11-12H2,1-3H3,(H,27,32)/t14-/m0/s1. The Labute approximate surface area is 202 Å². The molecule has 2 aliphatic carbocycles. The quantitative estimate of drug-likeness (QED) is 0.588. The van der Waals surface area contributed by atoms with Crippen LogP contribution in [0.1, 0.15) is 66.3 Å². The molecule has 1 N–H and O–H groups in total. The summed E-state index contributed by atoms with van der Waals surface area (Å²) in [6.07, 6.45) is 4.90. The first kappa shape index (κ1) is 21.1. The van der Waals surface area contributed by atoms with E-state index in [2.05, 4.69) is 33.9 Å². The third kappa shape index (κ3) is 3.28. The Bertz CT molecular complexity index is 1320. The first-order valence-electron chi connectivity index (χ1n) is 11.6. The van der Waals surface area contributed by atoms with E-state index in [-0.39, 0.29) is 11.8 Å². The van der Waals surface area contributed by atoms with Gasteiger partial charge in [0.15, 0.2) is 5.82 Å². The molecule has 170 valence electrons. The SMILES string of the molecule is Cc1nnc2n1-c1sc3c(c1C(c1ccccc1Cl)=NC2(C)C)C[C@H](C(=O)NC1CCC1)C3. The average Bonchev–Trinajstić information content (AvgIpc) is 3.40. The van der Waals surface area contributed by atoms with Crippen LogP contribution >= 0.6 is 22.9 Å². The van der Waals surface area contributed by atoms with Crippen LogP contribution in [0, 0.1) is 12.8 Å². The van der Waals surface area contributed by atoms with Crippen LogP contribution in [0.3, 0.4) is 0 Å². The van der Waals surface area contributed by atoms with Gasteiger partial charge in [0.05, 0.1) is 5.71 Å². The molecule has 1 aliphatic heterocycles. The molecule has 0 bridgehead atoms. The van der Waals surface area contributed by atoms with Crippen LogP contribution in [-0.4, -0.2) is 32.4 Å². The van der Waals surface area contributed by atoms with Crippen molar-refractivity contribution in [1.82, 2.24) is 20.1 Å². The number of amides is 1. The Kier molecular flexibility index (Phi) is 4.79. The maximum absolute atomic E-state index is 13.0. The molecule has 3 heterocycles. The molecule has 1 atom stereocenters. The second-order valence-corrected chi connectivity index (χ2v) is 11.3. The van der Waals surface area contributed by atoms with Crippen molar-refractivity contribution in [2.75, 3.05) is 0 Å². The Morgan fingerprint density at radius 1 is 1.21 bits per heavy atom. The van der Waals surface area contributed by atoms with E-state index in [9.17, 15) is 4.79 Å². The molecular formula is C25H26ClN5OS. The number of carbonyl (C=O) groups is 1. The van der Waals surface area contributed by atoms with Crippen molar-refractivity contribution >= 4 is 34.6 Å². The van der Waals surface area contributed by atoms with Crippen LogP contribution in [0.15, 0.2) is 29.3 Å². The number of hydrogen-bond acceptors (Lipinski definition) is 5. The molecule has 2 aromatic heterocycles. The van der Waals surface area contributed by atoms with Crippen LogP contribution < -0.4 is 5.32 Å². The highest BCUT2D eigenvalue weighted by Crippen LogP contribution is 2.45. The lowest BCUT2D eigenvalue weighted by Crippen LogP contribution is -2.42. The summed E-state index contributed by atoms with van der Waals surface area (Å²) in [5.41, 5.74) is 3.51. The largest absolute Gasteiger partial charge is 0.353 e. The predicted octanol–water partition coefficient (Wildman–Crippen LogP) is 4.76. The number of nitrogens with one attached hydrogen (secondary N) is 1. The average molecular weight is 480 g/mol. The number of hydrogen-bond donors (Lipinski definition) is 1. The van der Waals surface area contributed by atoms with Gasteiger partial charge in [-0.25, -0.2) is 0 Å². The van der Waals surface area contributed by atoms with Crippen molar-refractivity contribution in [3.05, 3.63) is 62.5 Å². The van der Waals surface area contributed by atoms with Gasteiger partial charge in [0, 0.05) is 33.0 Å². The first-order chi connectivity index (χ1) is 15.8. The van der Waals surface area contributed by atoms with E-state index in [1.165, 1.54) is 16.9 Å². The first-order valence-corrected chi connectivity index (χ1v) is 12.8. The topological polar surface area (TPSA) is 72.2 Å². The van der Waals surface area contributed by atoms with Crippen LogP contribution in [0.5, 0.6) is 0 Å². The molecule has 1 aromatic carbocycles. The van der Waals surface area contributed by atoms with E-state index < -0.39 is 5.54 Å². The molecule has 1 saturated carbocycles. The number of fused-ring (bicyclic) bond motifs is 5. The number of rotatable bonds is 3. The van der Waals surface area contributed by atoms with Gasteiger partial charge < -0.3 is 5.32 Å². The molecule has 1 amide bonds. The fourth-order valence-corrected chi connectivity index (χ4v) is 6.80. The molecule has 0 radical (unpaired) electrons. The summed E-state index contributed by atoms with van der Waals surface area (Å²) in [5, 5.41) is 13.9. The third-order valence-corrected chi connectivity index (χ3v) is 8.68. The molecule has 33 heavy (non-hydrogen) atoms. The van der Waals surface area contributed by atoms with Crippen molar-refractivity contribution in [2.24, 2.45) is 10.9 Å². The number of aromatic nitrogens is 3. The van der Waals surface area contributed by atoms with Gasteiger partial charge in [-0.05, 0) is 64.5 Å². The van der Waals surface area contributed by atoms with Gasteiger partial charge in [-0.3, -0.25) is 14.4 Å². The van der Waals surface area contributed by atoms with E-state index in [0.717, 1.165) is 59.2 Å². The minimum Gasteiger partial charge on any atom is -0.353 e. The van der Waals surface area contributed by atoms with Crippen molar-refractivity contribution in [3.8, 4) is 5.00 Å². The normalized spacial score (nSPS) is 20.8. The highest BCUT2D eigenvalue weighted by molar-refractivity contribution is 7.15. The van der Waals surface area contributed by atoms with Crippen molar-refractivity contribution in [1.29, 1.82) is 0 Å². The number of aliphatic imine (C=N–C) groups is 1. The summed E-state index contributed by atoms with van der Waals surface area (Å²) in [6, 6.07) is 8.22. The Balaban J connectivity index is 1.51. The van der Waals surface area contributed by atoms with E-state index in [0.29, 0.717) is 11.1 Å². The Hall–Kier alpha value is -2.51. The Morgan fingerprint density at radius 3 is 2.73 bits per heavy atom. The number of aryl methyl sites for hydroxylation is 1. The second kappa shape index (κ2) is 7.50. The zero-order valence-corrected chi connectivity index (χ0v) is 20.6. The number of carbonyl (C=O) groups excluding carboxylic acids is 1. The van der Waals surface area contributed by atoms with E-state index in [4.69, 9.17) is 16.6 Å². The second-order valence-electron chi connectivity index (χ2n) is 9.83. The molecule has 0 spiro atoms. The van der Waals surface area contributed by atoms with Gasteiger partial charge in [-0.15, -0.1) is 21.5 Å². The summed E-state index contributed by atoms with van der Waals surface area (Å²) in [7, 11) is 0. The lowest BCUT2D eigenvalue weighted by atomic mass is 9.92. The molecule has 3 aromatic rings. The summed E-state index contributed by atoms with van der Waals surface area (Å²) in [6.45, 7) is 6.11. The molecule has 8 heteroatoms. The number of benzene rings is 1. The minimum atomic E-state index is -0.582. The minimum absolute atomic E-state index is 0.0256. The number of thiophene rings is 1. The van der Waals surface area contributed by atoms with Crippen molar-refractivity contribution in [3.63, 3.8) is 0 Å². The van der Waals surface area contributed by atoms with Crippen LogP contribution in [0.25, 0.3) is 5.00 Å². The van der Waals surface area contributed by atoms with Gasteiger partial charge in [0.25, 0.3) is 0 Å². The molecule has 3 aliphatic rings. The van der Waals surface area contributed by atoms with Gasteiger partial charge in [0.2, 0.25) is 5.91 Å². The van der Waals surface area contributed by atoms with Gasteiger partial charge in [-0.1, -0.05) is 29.8 Å². The van der Waals surface area contributed by atoms with Crippen LogP contribution in [-0.2, 0) is 23.2 Å². The van der Waals surface area contributed by atoms with Crippen LogP contribution in [0.2, 0.25) is 5.02 Å². The van der Waals surface area contributed by atoms with Crippen LogP contribution in [0.4, 0.5) is 0 Å². The lowest BCUT2D eigenvalue weighted by molar-refractivity contribution is -0.125. The maximum Gasteiger partial charge on any atom is 0.224 e. The van der Waals surface area contributed by atoms with Gasteiger partial charge >= 0.3 is 0 Å². The lowest BCUT2D eigenvalue weighted by Gasteiger charge is -2.27. The summed E-state index contributed by atoms with van der Waals surface area (Å²) >= 11 is 8.43. The Morgan fingerprint density at radius 2 is 2.00 bits per heavy atom. The zero-order valence-electron chi connectivity index (χ0n) is 19.0. The molecular weight excluding hydrogens is 454 g/mol. The monoisotopic (exact) mass is 479 g/mol. The van der Waals surface area contributed by atoms with E-state index in [1.54, 1.807) is 11.3 Å². The highest BCUT2D eigenvalue weighted by Gasteiger charge is 2.40. The van der Waals surface area contributed by atoms with Gasteiger partial charge in [-0.2, -0.15) is 0 Å². The number of nitrogens with zero attached hydrogens (tertiary/aromatic N) is 4. The summed E-state index contributed by atoms with van der Waals surface area (Å²) in [4.78, 5) is 19.5. The smallest absolute Gasteiger partial charge is 0.224 e. The predicted molar refractivity (Wildman–Crippen MR) is 131 cm³/mol. The number of halogens is 1. The molecule has 0 unspecified atom stereocenters. The summed E-state index contributed by atoms with van der Waals surface area (Å²) in [5.74, 6) is 1.82. The molecule has 6 nitrogen and oxygen atoms in total. The highest BCUT2D eigenvalue weighted by atomic mass is 35.5. The zero-order chi connectivity index (χ0) is 22.9. The maximum atomic E-state index is 13.0. The van der Waals surface area contributed by atoms with E-state index >= 15 is 0 Å².